The van der Waals surface area contributed by atoms with Gasteiger partial charge in [0, 0.05) is 3.57 Å². The molecule has 5 heteroatoms. The second kappa shape index (κ2) is 4.18. The Balaban J connectivity index is 2.29. The molecule has 78 valence electrons. The SMILES string of the molecule is Cc1nocc1Nc1ccc(I)cc1F. The van der Waals surface area contributed by atoms with E-state index in [0.29, 0.717) is 17.1 Å². The van der Waals surface area contributed by atoms with Crippen molar-refractivity contribution >= 4 is 34.0 Å². The van der Waals surface area contributed by atoms with Crippen LogP contribution in [0, 0.1) is 16.3 Å². The fourth-order valence-corrected chi connectivity index (χ4v) is 1.60. The van der Waals surface area contributed by atoms with Crippen LogP contribution >= 0.6 is 22.6 Å². The predicted molar refractivity (Wildman–Crippen MR) is 63.6 cm³/mol. The van der Waals surface area contributed by atoms with Gasteiger partial charge >= 0.3 is 0 Å². The molecule has 0 fully saturated rings. The molecule has 2 aromatic rings. The molecule has 0 unspecified atom stereocenters. The fraction of sp³-hybridized carbons (Fsp3) is 0.100. The summed E-state index contributed by atoms with van der Waals surface area (Å²) in [5.74, 6) is -0.289. The van der Waals surface area contributed by atoms with Crippen LogP contribution in [0.1, 0.15) is 5.69 Å². The van der Waals surface area contributed by atoms with E-state index in [4.69, 9.17) is 4.52 Å². The summed E-state index contributed by atoms with van der Waals surface area (Å²) in [6.07, 6.45) is 1.45. The van der Waals surface area contributed by atoms with E-state index in [1.54, 1.807) is 13.0 Å². The van der Waals surface area contributed by atoms with Crippen LogP contribution in [-0.4, -0.2) is 5.16 Å². The maximum absolute atomic E-state index is 13.5. The second-order valence-electron chi connectivity index (χ2n) is 3.06. The minimum atomic E-state index is -0.289. The Kier molecular flexibility index (Phi) is 2.90. The van der Waals surface area contributed by atoms with Gasteiger partial charge in [-0.1, -0.05) is 5.16 Å². The molecule has 0 saturated heterocycles. The summed E-state index contributed by atoms with van der Waals surface area (Å²) in [7, 11) is 0. The zero-order chi connectivity index (χ0) is 10.8. The second-order valence-corrected chi connectivity index (χ2v) is 4.31. The van der Waals surface area contributed by atoms with Crippen molar-refractivity contribution in [1.29, 1.82) is 0 Å². The Labute approximate surface area is 99.8 Å². The quantitative estimate of drug-likeness (QED) is 0.862. The summed E-state index contributed by atoms with van der Waals surface area (Å²) in [4.78, 5) is 0. The number of benzene rings is 1. The number of hydrogen-bond acceptors (Lipinski definition) is 3. The Morgan fingerprint density at radius 2 is 2.20 bits per heavy atom. The molecule has 0 saturated carbocycles. The lowest BCUT2D eigenvalue weighted by Crippen LogP contribution is -1.94. The number of halogens is 2. The first kappa shape index (κ1) is 10.4. The van der Waals surface area contributed by atoms with Gasteiger partial charge in [-0.3, -0.25) is 0 Å². The van der Waals surface area contributed by atoms with E-state index in [-0.39, 0.29) is 5.82 Å². The van der Waals surface area contributed by atoms with Crippen LogP contribution in [0.5, 0.6) is 0 Å². The average Bonchev–Trinajstić information content (AvgIpc) is 2.57. The molecule has 3 nitrogen and oxygen atoms in total. The van der Waals surface area contributed by atoms with Gasteiger partial charge in [-0.25, -0.2) is 4.39 Å². The van der Waals surface area contributed by atoms with Crippen LogP contribution in [0.4, 0.5) is 15.8 Å². The van der Waals surface area contributed by atoms with Crippen molar-refractivity contribution in [2.75, 3.05) is 5.32 Å². The Hall–Kier alpha value is -1.11. The molecule has 0 bridgehead atoms. The van der Waals surface area contributed by atoms with Gasteiger partial charge in [-0.15, -0.1) is 0 Å². The summed E-state index contributed by atoms with van der Waals surface area (Å²) in [6, 6.07) is 4.98. The molecule has 0 amide bonds. The first-order valence-corrected chi connectivity index (χ1v) is 5.38. The van der Waals surface area contributed by atoms with E-state index in [2.05, 4.69) is 33.1 Å². The van der Waals surface area contributed by atoms with Crippen LogP contribution in [0.2, 0.25) is 0 Å². The molecule has 15 heavy (non-hydrogen) atoms. The van der Waals surface area contributed by atoms with Gasteiger partial charge in [0.25, 0.3) is 0 Å². The number of rotatable bonds is 2. The molecule has 1 heterocycles. The van der Waals surface area contributed by atoms with Gasteiger partial charge in [-0.2, -0.15) is 0 Å². The molecule has 1 N–H and O–H groups in total. The van der Waals surface area contributed by atoms with E-state index in [0.717, 1.165) is 3.57 Å². The zero-order valence-corrected chi connectivity index (χ0v) is 10.1. The summed E-state index contributed by atoms with van der Waals surface area (Å²) in [5.41, 5.74) is 1.80. The summed E-state index contributed by atoms with van der Waals surface area (Å²) in [6.45, 7) is 1.79. The van der Waals surface area contributed by atoms with E-state index < -0.39 is 0 Å². The van der Waals surface area contributed by atoms with Gasteiger partial charge < -0.3 is 9.84 Å². The molecular weight excluding hydrogens is 310 g/mol. The molecule has 0 atom stereocenters. The molecule has 0 aliphatic carbocycles. The van der Waals surface area contributed by atoms with Crippen molar-refractivity contribution in [2.45, 2.75) is 6.92 Å². The van der Waals surface area contributed by atoms with Crippen LogP contribution in [-0.2, 0) is 0 Å². The first-order chi connectivity index (χ1) is 7.16. The number of nitrogens with one attached hydrogen (secondary N) is 1. The Morgan fingerprint density at radius 3 is 2.80 bits per heavy atom. The molecule has 1 aromatic carbocycles. The maximum Gasteiger partial charge on any atom is 0.147 e. The minimum absolute atomic E-state index is 0.289. The van der Waals surface area contributed by atoms with Crippen molar-refractivity contribution in [2.24, 2.45) is 0 Å². The fourth-order valence-electron chi connectivity index (χ4n) is 1.15. The Morgan fingerprint density at radius 1 is 1.40 bits per heavy atom. The van der Waals surface area contributed by atoms with Gasteiger partial charge in [-0.05, 0) is 47.7 Å². The van der Waals surface area contributed by atoms with Crippen molar-refractivity contribution in [3.63, 3.8) is 0 Å². The molecule has 0 radical (unpaired) electrons. The largest absolute Gasteiger partial charge is 0.362 e. The highest BCUT2D eigenvalue weighted by Crippen LogP contribution is 2.23. The monoisotopic (exact) mass is 318 g/mol. The number of anilines is 2. The zero-order valence-electron chi connectivity index (χ0n) is 7.92. The molecule has 2 rings (SSSR count). The minimum Gasteiger partial charge on any atom is -0.362 e. The lowest BCUT2D eigenvalue weighted by Gasteiger charge is -2.05. The molecular formula is C10H8FIN2O. The standard InChI is InChI=1S/C10H8FIN2O/c1-6-10(5-15-14-6)13-9-3-2-7(12)4-8(9)11/h2-5,13H,1H3. The number of aromatic nitrogens is 1. The van der Waals surface area contributed by atoms with Gasteiger partial charge in [0.05, 0.1) is 5.69 Å². The van der Waals surface area contributed by atoms with Gasteiger partial charge in [0.1, 0.15) is 23.5 Å². The molecule has 0 aliphatic rings. The molecule has 0 spiro atoms. The van der Waals surface area contributed by atoms with Crippen LogP contribution in [0.25, 0.3) is 0 Å². The lowest BCUT2D eigenvalue weighted by molar-refractivity contribution is 0.415. The van der Waals surface area contributed by atoms with Gasteiger partial charge in [0.2, 0.25) is 0 Å². The van der Waals surface area contributed by atoms with Crippen molar-refractivity contribution < 1.29 is 8.91 Å². The van der Waals surface area contributed by atoms with Crippen molar-refractivity contribution in [3.05, 3.63) is 39.5 Å². The maximum atomic E-state index is 13.5. The highest BCUT2D eigenvalue weighted by Gasteiger charge is 2.06. The van der Waals surface area contributed by atoms with E-state index in [9.17, 15) is 4.39 Å². The summed E-state index contributed by atoms with van der Waals surface area (Å²) < 4.78 is 19.1. The molecule has 0 aliphatic heterocycles. The number of nitrogens with zero attached hydrogens (tertiary/aromatic N) is 1. The smallest absolute Gasteiger partial charge is 0.147 e. The van der Waals surface area contributed by atoms with E-state index in [1.807, 2.05) is 6.07 Å². The van der Waals surface area contributed by atoms with Crippen LogP contribution in [0.3, 0.4) is 0 Å². The van der Waals surface area contributed by atoms with Crippen LogP contribution in [0.15, 0.2) is 29.0 Å². The third-order valence-corrected chi connectivity index (χ3v) is 2.62. The normalized spacial score (nSPS) is 10.3. The van der Waals surface area contributed by atoms with E-state index >= 15 is 0 Å². The Bertz CT molecular complexity index is 484. The summed E-state index contributed by atoms with van der Waals surface area (Å²) in [5, 5.41) is 6.61. The van der Waals surface area contributed by atoms with Gasteiger partial charge in [0.15, 0.2) is 0 Å². The molecule has 1 aromatic heterocycles. The summed E-state index contributed by atoms with van der Waals surface area (Å²) >= 11 is 2.06. The van der Waals surface area contributed by atoms with E-state index in [1.165, 1.54) is 12.3 Å². The predicted octanol–water partition coefficient (Wildman–Crippen LogP) is 3.47. The third kappa shape index (κ3) is 2.28. The van der Waals surface area contributed by atoms with Crippen molar-refractivity contribution in [3.8, 4) is 0 Å². The first-order valence-electron chi connectivity index (χ1n) is 4.30. The highest BCUT2D eigenvalue weighted by molar-refractivity contribution is 14.1. The highest BCUT2D eigenvalue weighted by atomic mass is 127. The average molecular weight is 318 g/mol. The number of aryl methyl sites for hydroxylation is 1. The lowest BCUT2D eigenvalue weighted by atomic mass is 10.3. The third-order valence-electron chi connectivity index (χ3n) is 1.95. The topological polar surface area (TPSA) is 38.1 Å². The van der Waals surface area contributed by atoms with Crippen molar-refractivity contribution in [1.82, 2.24) is 5.16 Å². The van der Waals surface area contributed by atoms with Crippen LogP contribution < -0.4 is 5.32 Å². The number of hydrogen-bond donors (Lipinski definition) is 1.